The van der Waals surface area contributed by atoms with Crippen LogP contribution >= 0.6 is 23.1 Å². The van der Waals surface area contributed by atoms with Gasteiger partial charge in [-0.3, -0.25) is 9.36 Å². The number of benzene rings is 1. The van der Waals surface area contributed by atoms with Gasteiger partial charge < -0.3 is 14.8 Å². The van der Waals surface area contributed by atoms with Gasteiger partial charge in [0.2, 0.25) is 5.91 Å². The summed E-state index contributed by atoms with van der Waals surface area (Å²) < 4.78 is 12.3. The Morgan fingerprint density at radius 1 is 1.19 bits per heavy atom. The number of amides is 1. The maximum Gasteiger partial charge on any atom is 0.341 e. The summed E-state index contributed by atoms with van der Waals surface area (Å²) in [5.74, 6) is 0.903. The van der Waals surface area contributed by atoms with Crippen LogP contribution in [0.25, 0.3) is 11.4 Å². The lowest BCUT2D eigenvalue weighted by atomic mass is 9.96. The standard InChI is InChI=1S/C26H30N4O4S2/c1-4-14-30-23(17-10-9-11-18(15-17)33-2)28-29-26(30)35-16-21(31)27-24-22(25(32)34-3)19-12-7-5-6-8-13-20(19)36-24/h4,9-11,15H,1,5-8,12-14,16H2,2-3H3,(H,27,31). The summed E-state index contributed by atoms with van der Waals surface area (Å²) in [7, 11) is 3.00. The molecule has 1 aromatic carbocycles. The van der Waals surface area contributed by atoms with Crippen LogP contribution in [0, 0.1) is 0 Å². The fourth-order valence-electron chi connectivity index (χ4n) is 4.28. The number of allylic oxidation sites excluding steroid dienone is 1. The SMILES string of the molecule is C=CCn1c(SCC(=O)Nc2sc3c(c2C(=O)OC)CCCCCC3)nnc1-c1cccc(OC)c1. The predicted octanol–water partition coefficient (Wildman–Crippen LogP) is 5.38. The number of carbonyl (C=O) groups is 2. The maximum atomic E-state index is 13.0. The van der Waals surface area contributed by atoms with Gasteiger partial charge in [0.15, 0.2) is 11.0 Å². The van der Waals surface area contributed by atoms with E-state index in [1.165, 1.54) is 41.5 Å². The molecule has 0 unspecified atom stereocenters. The molecular weight excluding hydrogens is 496 g/mol. The molecule has 0 spiro atoms. The number of aromatic nitrogens is 3. The Morgan fingerprint density at radius 2 is 2.00 bits per heavy atom. The van der Waals surface area contributed by atoms with E-state index in [-0.39, 0.29) is 11.7 Å². The molecule has 0 fully saturated rings. The van der Waals surface area contributed by atoms with Crippen molar-refractivity contribution in [2.24, 2.45) is 0 Å². The Hall–Kier alpha value is -3.11. The monoisotopic (exact) mass is 526 g/mol. The largest absolute Gasteiger partial charge is 0.497 e. The number of methoxy groups -OCH3 is 2. The first kappa shape index (κ1) is 26.0. The average Bonchev–Trinajstić information content (AvgIpc) is 3.43. The van der Waals surface area contributed by atoms with Crippen molar-refractivity contribution in [3.05, 3.63) is 52.9 Å². The van der Waals surface area contributed by atoms with E-state index in [2.05, 4.69) is 22.1 Å². The lowest BCUT2D eigenvalue weighted by Gasteiger charge is -2.11. The number of ether oxygens (including phenoxy) is 2. The fourth-order valence-corrected chi connectivity index (χ4v) is 6.32. The van der Waals surface area contributed by atoms with E-state index in [4.69, 9.17) is 9.47 Å². The van der Waals surface area contributed by atoms with Gasteiger partial charge in [0.05, 0.1) is 25.5 Å². The van der Waals surface area contributed by atoms with E-state index < -0.39 is 5.97 Å². The average molecular weight is 527 g/mol. The van der Waals surface area contributed by atoms with Crippen molar-refractivity contribution in [1.29, 1.82) is 0 Å². The highest BCUT2D eigenvalue weighted by Crippen LogP contribution is 2.38. The summed E-state index contributed by atoms with van der Waals surface area (Å²) in [5, 5.41) is 12.8. The third-order valence-corrected chi connectivity index (χ3v) is 8.18. The third-order valence-electron chi connectivity index (χ3n) is 6.00. The van der Waals surface area contributed by atoms with Gasteiger partial charge in [-0.05, 0) is 43.4 Å². The number of hydrogen-bond donors (Lipinski definition) is 1. The predicted molar refractivity (Wildman–Crippen MR) is 143 cm³/mol. The molecule has 8 nitrogen and oxygen atoms in total. The van der Waals surface area contributed by atoms with E-state index in [1.807, 2.05) is 28.8 Å². The van der Waals surface area contributed by atoms with Crippen molar-refractivity contribution in [2.75, 3.05) is 25.3 Å². The van der Waals surface area contributed by atoms with E-state index in [0.29, 0.717) is 28.1 Å². The van der Waals surface area contributed by atoms with E-state index in [1.54, 1.807) is 13.2 Å². The van der Waals surface area contributed by atoms with Crippen molar-refractivity contribution in [3.8, 4) is 17.1 Å². The zero-order valence-corrected chi connectivity index (χ0v) is 22.2. The molecule has 190 valence electrons. The number of anilines is 1. The molecule has 1 amide bonds. The molecule has 0 aliphatic heterocycles. The van der Waals surface area contributed by atoms with Crippen LogP contribution < -0.4 is 10.1 Å². The normalized spacial score (nSPS) is 13.3. The number of carbonyl (C=O) groups excluding carboxylic acids is 2. The molecule has 0 saturated heterocycles. The van der Waals surface area contributed by atoms with E-state index >= 15 is 0 Å². The summed E-state index contributed by atoms with van der Waals surface area (Å²) in [6, 6.07) is 7.59. The van der Waals surface area contributed by atoms with Gasteiger partial charge in [-0.25, -0.2) is 4.79 Å². The number of nitrogens with zero attached hydrogens (tertiary/aromatic N) is 3. The lowest BCUT2D eigenvalue weighted by molar-refractivity contribution is -0.113. The van der Waals surface area contributed by atoms with Crippen LogP contribution in [0.15, 0.2) is 42.1 Å². The van der Waals surface area contributed by atoms with Crippen molar-refractivity contribution in [2.45, 2.75) is 50.2 Å². The van der Waals surface area contributed by atoms with Gasteiger partial charge in [0, 0.05) is 17.0 Å². The third kappa shape index (κ3) is 5.82. The quantitative estimate of drug-likeness (QED) is 0.227. The number of nitrogens with one attached hydrogen (secondary N) is 1. The Kier molecular flexibility index (Phi) is 8.82. The maximum absolute atomic E-state index is 13.0. The first-order chi connectivity index (χ1) is 17.5. The first-order valence-electron chi connectivity index (χ1n) is 11.9. The molecule has 3 aromatic rings. The molecule has 4 rings (SSSR count). The number of thioether (sulfide) groups is 1. The first-order valence-corrected chi connectivity index (χ1v) is 13.7. The van der Waals surface area contributed by atoms with E-state index in [9.17, 15) is 9.59 Å². The van der Waals surface area contributed by atoms with Crippen molar-refractivity contribution in [1.82, 2.24) is 14.8 Å². The summed E-state index contributed by atoms with van der Waals surface area (Å²) in [6.45, 7) is 4.34. The highest BCUT2D eigenvalue weighted by atomic mass is 32.2. The molecule has 1 aliphatic carbocycles. The van der Waals surface area contributed by atoms with Gasteiger partial charge in [-0.2, -0.15) is 0 Å². The highest BCUT2D eigenvalue weighted by molar-refractivity contribution is 7.99. The fraction of sp³-hybridized carbons (Fsp3) is 0.385. The number of aryl methyl sites for hydroxylation is 1. The molecule has 0 saturated carbocycles. The minimum Gasteiger partial charge on any atom is -0.497 e. The topological polar surface area (TPSA) is 95.3 Å². The van der Waals surface area contributed by atoms with Crippen molar-refractivity contribution < 1.29 is 19.1 Å². The minimum atomic E-state index is -0.398. The number of thiophene rings is 1. The Morgan fingerprint density at radius 3 is 2.75 bits per heavy atom. The Labute approximate surface area is 219 Å². The highest BCUT2D eigenvalue weighted by Gasteiger charge is 2.26. The number of esters is 1. The van der Waals surface area contributed by atoms with Gasteiger partial charge >= 0.3 is 5.97 Å². The molecule has 1 N–H and O–H groups in total. The second-order valence-electron chi connectivity index (χ2n) is 8.39. The molecule has 2 aromatic heterocycles. The van der Waals surface area contributed by atoms with Crippen LogP contribution in [0.2, 0.25) is 0 Å². The van der Waals surface area contributed by atoms with Crippen LogP contribution in [-0.2, 0) is 28.9 Å². The van der Waals surface area contributed by atoms with Crippen LogP contribution in [-0.4, -0.2) is 46.6 Å². The Bertz CT molecular complexity index is 1250. The zero-order chi connectivity index (χ0) is 25.5. The summed E-state index contributed by atoms with van der Waals surface area (Å²) in [6.07, 6.45) is 7.98. The zero-order valence-electron chi connectivity index (χ0n) is 20.5. The molecule has 2 heterocycles. The number of hydrogen-bond acceptors (Lipinski definition) is 8. The van der Waals surface area contributed by atoms with Gasteiger partial charge in [-0.1, -0.05) is 42.8 Å². The summed E-state index contributed by atoms with van der Waals surface area (Å²) in [5.41, 5.74) is 2.40. The molecule has 0 atom stereocenters. The lowest BCUT2D eigenvalue weighted by Crippen LogP contribution is -2.17. The summed E-state index contributed by atoms with van der Waals surface area (Å²) in [4.78, 5) is 26.7. The number of fused-ring (bicyclic) bond motifs is 1. The molecule has 36 heavy (non-hydrogen) atoms. The van der Waals surface area contributed by atoms with Crippen LogP contribution in [0.1, 0.15) is 46.5 Å². The van der Waals surface area contributed by atoms with Crippen molar-refractivity contribution in [3.63, 3.8) is 0 Å². The molecule has 1 aliphatic rings. The Balaban J connectivity index is 1.51. The second-order valence-corrected chi connectivity index (χ2v) is 10.4. The molecular formula is C26H30N4O4S2. The second kappa shape index (κ2) is 12.2. The van der Waals surface area contributed by atoms with Gasteiger partial charge in [-0.15, -0.1) is 28.1 Å². The summed E-state index contributed by atoms with van der Waals surface area (Å²) >= 11 is 2.78. The molecule has 10 heteroatoms. The van der Waals surface area contributed by atoms with Gasteiger partial charge in [0.1, 0.15) is 10.8 Å². The van der Waals surface area contributed by atoms with E-state index in [0.717, 1.165) is 49.0 Å². The van der Waals surface area contributed by atoms with Crippen LogP contribution in [0.5, 0.6) is 5.75 Å². The molecule has 0 radical (unpaired) electrons. The van der Waals surface area contributed by atoms with Crippen LogP contribution in [0.3, 0.4) is 0 Å². The number of rotatable bonds is 9. The van der Waals surface area contributed by atoms with Crippen molar-refractivity contribution >= 4 is 40.0 Å². The molecule has 0 bridgehead atoms. The minimum absolute atomic E-state index is 0.122. The smallest absolute Gasteiger partial charge is 0.341 e. The van der Waals surface area contributed by atoms with Crippen LogP contribution in [0.4, 0.5) is 5.00 Å². The van der Waals surface area contributed by atoms with Gasteiger partial charge in [0.25, 0.3) is 0 Å².